The third-order valence-corrected chi connectivity index (χ3v) is 2.19. The number of anilines is 1. The Hall–Kier alpha value is -2.49. The molecule has 0 spiro atoms. The summed E-state index contributed by atoms with van der Waals surface area (Å²) in [5, 5.41) is 21.3. The molecule has 0 aliphatic rings. The number of rotatable bonds is 2. The molecule has 0 saturated carbocycles. The van der Waals surface area contributed by atoms with Gasteiger partial charge in [-0.1, -0.05) is 12.1 Å². The van der Waals surface area contributed by atoms with E-state index in [2.05, 4.69) is 11.4 Å². The van der Waals surface area contributed by atoms with Crippen molar-refractivity contribution in [3.8, 4) is 11.5 Å². The molecule has 3 N–H and O–H groups in total. The highest BCUT2D eigenvalue weighted by Gasteiger charge is 2.10. The molecule has 2 aromatic carbocycles. The first-order valence-corrected chi connectivity index (χ1v) is 4.96. The zero-order valence-electron chi connectivity index (χ0n) is 8.84. The van der Waals surface area contributed by atoms with E-state index < -0.39 is 5.91 Å². The zero-order chi connectivity index (χ0) is 12.3. The molecule has 17 heavy (non-hydrogen) atoms. The fraction of sp³-hybridized carbons (Fsp3) is 0. The number of phenolic OH excluding ortho intramolecular Hbond substituents is 2. The summed E-state index contributed by atoms with van der Waals surface area (Å²) in [5.74, 6) is -0.502. The first kappa shape index (κ1) is 11.0. The van der Waals surface area contributed by atoms with Crippen molar-refractivity contribution in [1.29, 1.82) is 0 Å². The van der Waals surface area contributed by atoms with E-state index in [1.807, 2.05) is 0 Å². The molecule has 4 heteroatoms. The second-order valence-corrected chi connectivity index (χ2v) is 3.45. The minimum atomic E-state index is -0.454. The third kappa shape index (κ3) is 2.55. The maximum absolute atomic E-state index is 11.8. The Morgan fingerprint density at radius 2 is 2.06 bits per heavy atom. The van der Waals surface area contributed by atoms with Crippen molar-refractivity contribution in [3.05, 3.63) is 54.1 Å². The molecule has 0 atom stereocenters. The number of amides is 1. The van der Waals surface area contributed by atoms with Crippen LogP contribution in [0.15, 0.2) is 42.5 Å². The Balaban J connectivity index is 2.20. The average molecular weight is 228 g/mol. The van der Waals surface area contributed by atoms with Crippen molar-refractivity contribution in [2.45, 2.75) is 0 Å². The first-order chi connectivity index (χ1) is 8.16. The molecule has 1 radical (unpaired) electrons. The molecular formula is C13H10NO3. The van der Waals surface area contributed by atoms with Crippen LogP contribution in [0.2, 0.25) is 0 Å². The predicted octanol–water partition coefficient (Wildman–Crippen LogP) is 2.15. The largest absolute Gasteiger partial charge is 0.508 e. The Bertz CT molecular complexity index is 552. The molecule has 0 fully saturated rings. The van der Waals surface area contributed by atoms with Crippen molar-refractivity contribution in [2.75, 3.05) is 5.32 Å². The number of hydrogen-bond acceptors (Lipinski definition) is 3. The summed E-state index contributed by atoms with van der Waals surface area (Å²) in [6, 6.07) is 13.2. The highest BCUT2D eigenvalue weighted by atomic mass is 16.3. The minimum Gasteiger partial charge on any atom is -0.508 e. The fourth-order valence-corrected chi connectivity index (χ4v) is 1.39. The Labute approximate surface area is 98.2 Å². The van der Waals surface area contributed by atoms with Gasteiger partial charge in [0.05, 0.1) is 5.56 Å². The van der Waals surface area contributed by atoms with E-state index in [0.29, 0.717) is 5.69 Å². The van der Waals surface area contributed by atoms with E-state index in [1.54, 1.807) is 12.1 Å². The standard InChI is InChI=1S/C13H10NO3/c15-10-5-3-4-9(8-10)14-13(17)11-6-1-2-7-12(11)16/h2-8,15-16H,(H,14,17). The second-order valence-electron chi connectivity index (χ2n) is 3.45. The van der Waals surface area contributed by atoms with Gasteiger partial charge in [0, 0.05) is 11.8 Å². The van der Waals surface area contributed by atoms with E-state index in [-0.39, 0.29) is 17.1 Å². The summed E-state index contributed by atoms with van der Waals surface area (Å²) in [7, 11) is 0. The molecular weight excluding hydrogens is 218 g/mol. The van der Waals surface area contributed by atoms with Gasteiger partial charge in [0.2, 0.25) is 0 Å². The van der Waals surface area contributed by atoms with Gasteiger partial charge in [-0.3, -0.25) is 4.79 Å². The Morgan fingerprint density at radius 3 is 2.76 bits per heavy atom. The van der Waals surface area contributed by atoms with E-state index >= 15 is 0 Å². The van der Waals surface area contributed by atoms with Crippen LogP contribution in [0.25, 0.3) is 0 Å². The number of aromatic hydroxyl groups is 2. The molecule has 0 aromatic heterocycles. The number of carbonyl (C=O) groups is 1. The lowest BCUT2D eigenvalue weighted by Crippen LogP contribution is -2.11. The summed E-state index contributed by atoms with van der Waals surface area (Å²) < 4.78 is 0. The molecule has 1 amide bonds. The SMILES string of the molecule is O=C(Nc1cccc(O)c1)c1c[c]ccc1O. The number of hydrogen-bond donors (Lipinski definition) is 3. The van der Waals surface area contributed by atoms with Crippen LogP contribution in [-0.4, -0.2) is 16.1 Å². The monoisotopic (exact) mass is 228 g/mol. The summed E-state index contributed by atoms with van der Waals surface area (Å²) in [6.07, 6.45) is 0. The average Bonchev–Trinajstić information content (AvgIpc) is 2.29. The lowest BCUT2D eigenvalue weighted by molar-refractivity contribution is 0.102. The molecule has 0 saturated heterocycles. The number of carbonyl (C=O) groups excluding carboxylic acids is 1. The van der Waals surface area contributed by atoms with Crippen LogP contribution in [0.5, 0.6) is 11.5 Å². The molecule has 0 unspecified atom stereocenters. The predicted molar refractivity (Wildman–Crippen MR) is 63.0 cm³/mol. The molecule has 2 aromatic rings. The van der Waals surface area contributed by atoms with Gasteiger partial charge >= 0.3 is 0 Å². The maximum Gasteiger partial charge on any atom is 0.259 e. The summed E-state index contributed by atoms with van der Waals surface area (Å²) in [5.41, 5.74) is 0.592. The highest BCUT2D eigenvalue weighted by Crippen LogP contribution is 2.19. The lowest BCUT2D eigenvalue weighted by Gasteiger charge is -2.06. The van der Waals surface area contributed by atoms with Crippen LogP contribution < -0.4 is 5.32 Å². The molecule has 0 bridgehead atoms. The van der Waals surface area contributed by atoms with Gasteiger partial charge in [-0.2, -0.15) is 0 Å². The van der Waals surface area contributed by atoms with Crippen LogP contribution in [0, 0.1) is 6.07 Å². The fourth-order valence-electron chi connectivity index (χ4n) is 1.39. The molecule has 4 nitrogen and oxygen atoms in total. The Morgan fingerprint density at radius 1 is 1.24 bits per heavy atom. The van der Waals surface area contributed by atoms with E-state index in [0.717, 1.165) is 0 Å². The molecule has 0 aliphatic carbocycles. The van der Waals surface area contributed by atoms with Gasteiger partial charge in [-0.05, 0) is 30.3 Å². The molecule has 0 heterocycles. The van der Waals surface area contributed by atoms with Crippen LogP contribution in [0.4, 0.5) is 5.69 Å². The van der Waals surface area contributed by atoms with Crippen LogP contribution in [0.1, 0.15) is 10.4 Å². The normalized spacial score (nSPS) is 9.88. The summed E-state index contributed by atoms with van der Waals surface area (Å²) in [6.45, 7) is 0. The van der Waals surface area contributed by atoms with Crippen LogP contribution in [-0.2, 0) is 0 Å². The van der Waals surface area contributed by atoms with Gasteiger partial charge in [0.1, 0.15) is 11.5 Å². The maximum atomic E-state index is 11.8. The summed E-state index contributed by atoms with van der Waals surface area (Å²) >= 11 is 0. The number of phenols is 2. The van der Waals surface area contributed by atoms with Crippen molar-refractivity contribution < 1.29 is 15.0 Å². The van der Waals surface area contributed by atoms with Crippen molar-refractivity contribution >= 4 is 11.6 Å². The summed E-state index contributed by atoms with van der Waals surface area (Å²) in [4.78, 5) is 11.8. The van der Waals surface area contributed by atoms with Crippen molar-refractivity contribution in [2.24, 2.45) is 0 Å². The zero-order valence-corrected chi connectivity index (χ0v) is 8.84. The molecule has 2 rings (SSSR count). The van der Waals surface area contributed by atoms with Crippen molar-refractivity contribution in [3.63, 3.8) is 0 Å². The lowest BCUT2D eigenvalue weighted by atomic mass is 10.2. The quantitative estimate of drug-likeness (QED) is 0.737. The molecule has 85 valence electrons. The minimum absolute atomic E-state index is 0.0617. The van der Waals surface area contributed by atoms with Gasteiger partial charge < -0.3 is 15.5 Å². The van der Waals surface area contributed by atoms with E-state index in [1.165, 1.54) is 30.3 Å². The van der Waals surface area contributed by atoms with Crippen molar-refractivity contribution in [1.82, 2.24) is 0 Å². The number of benzene rings is 2. The van der Waals surface area contributed by atoms with Gasteiger partial charge in [0.15, 0.2) is 0 Å². The molecule has 0 aliphatic heterocycles. The first-order valence-electron chi connectivity index (χ1n) is 4.96. The highest BCUT2D eigenvalue weighted by molar-refractivity contribution is 6.06. The van der Waals surface area contributed by atoms with Gasteiger partial charge in [-0.15, -0.1) is 0 Å². The number of nitrogens with one attached hydrogen (secondary N) is 1. The van der Waals surface area contributed by atoms with Gasteiger partial charge in [0.25, 0.3) is 5.91 Å². The smallest absolute Gasteiger partial charge is 0.259 e. The topological polar surface area (TPSA) is 69.6 Å². The Kier molecular flexibility index (Phi) is 2.96. The van der Waals surface area contributed by atoms with Gasteiger partial charge in [-0.25, -0.2) is 0 Å². The van der Waals surface area contributed by atoms with E-state index in [4.69, 9.17) is 0 Å². The van der Waals surface area contributed by atoms with Crippen LogP contribution >= 0.6 is 0 Å². The third-order valence-electron chi connectivity index (χ3n) is 2.19. The van der Waals surface area contributed by atoms with Crippen LogP contribution in [0.3, 0.4) is 0 Å². The van der Waals surface area contributed by atoms with E-state index in [9.17, 15) is 15.0 Å². The second kappa shape index (κ2) is 4.57.